The van der Waals surface area contributed by atoms with Gasteiger partial charge in [-0.2, -0.15) is 5.26 Å². The summed E-state index contributed by atoms with van der Waals surface area (Å²) in [6.07, 6.45) is 1.37. The molecular formula is C25H20IN3O6. The molecule has 3 aromatic carbocycles. The Kier molecular flexibility index (Phi) is 8.63. The number of carbonyl (C=O) groups is 1. The Bertz CT molecular complexity index is 1320. The van der Waals surface area contributed by atoms with Crippen LogP contribution < -0.4 is 19.5 Å². The fraction of sp³-hybridized carbons (Fsp3) is 0.120. The Hall–Kier alpha value is -4.11. The van der Waals surface area contributed by atoms with Crippen LogP contribution in [0.15, 0.2) is 66.2 Å². The molecule has 9 nitrogen and oxygen atoms in total. The highest BCUT2D eigenvalue weighted by Gasteiger charge is 2.20. The van der Waals surface area contributed by atoms with E-state index in [1.165, 1.54) is 38.5 Å². The van der Waals surface area contributed by atoms with Gasteiger partial charge >= 0.3 is 0 Å². The first-order chi connectivity index (χ1) is 16.9. The highest BCUT2D eigenvalue weighted by molar-refractivity contribution is 14.1. The van der Waals surface area contributed by atoms with Crippen LogP contribution in [0.1, 0.15) is 11.1 Å². The number of nitrogens with zero attached hydrogens (tertiary/aromatic N) is 2. The molecule has 35 heavy (non-hydrogen) atoms. The number of halogens is 1. The molecule has 0 aliphatic rings. The number of nitriles is 1. The van der Waals surface area contributed by atoms with E-state index in [2.05, 4.69) is 27.9 Å². The molecule has 0 unspecified atom stereocenters. The topological polar surface area (TPSA) is 124 Å². The first-order valence-electron chi connectivity index (χ1n) is 10.2. The predicted octanol–water partition coefficient (Wildman–Crippen LogP) is 5.34. The lowest BCUT2D eigenvalue weighted by Crippen LogP contribution is -2.14. The SMILES string of the molecule is COc1ccc(NC(=O)/C(C#N)=C/c2cc(I)c(OCc3ccccc3)c(OC)c2)c([N+](=O)[O-])c1. The van der Waals surface area contributed by atoms with Crippen LogP contribution in [0, 0.1) is 25.0 Å². The van der Waals surface area contributed by atoms with E-state index in [1.54, 1.807) is 12.1 Å². The van der Waals surface area contributed by atoms with E-state index in [-0.39, 0.29) is 22.7 Å². The normalized spacial score (nSPS) is 10.7. The third kappa shape index (κ3) is 6.48. The molecule has 0 aliphatic heterocycles. The second-order valence-electron chi connectivity index (χ2n) is 7.07. The van der Waals surface area contributed by atoms with Crippen molar-refractivity contribution in [1.29, 1.82) is 5.26 Å². The quantitative estimate of drug-likeness (QED) is 0.118. The molecule has 3 rings (SSSR count). The van der Waals surface area contributed by atoms with Gasteiger partial charge in [-0.3, -0.25) is 14.9 Å². The van der Waals surface area contributed by atoms with Crippen LogP contribution in [0.25, 0.3) is 6.08 Å². The van der Waals surface area contributed by atoms with E-state index in [4.69, 9.17) is 14.2 Å². The maximum absolute atomic E-state index is 12.7. The fourth-order valence-corrected chi connectivity index (χ4v) is 3.87. The zero-order chi connectivity index (χ0) is 25.4. The first-order valence-corrected chi connectivity index (χ1v) is 11.2. The average Bonchev–Trinajstić information content (AvgIpc) is 2.86. The molecule has 0 fully saturated rings. The number of amides is 1. The summed E-state index contributed by atoms with van der Waals surface area (Å²) in [6.45, 7) is 0.342. The lowest BCUT2D eigenvalue weighted by Gasteiger charge is -2.14. The smallest absolute Gasteiger partial charge is 0.296 e. The minimum absolute atomic E-state index is 0.0567. The number of hydrogen-bond acceptors (Lipinski definition) is 7. The van der Waals surface area contributed by atoms with Gasteiger partial charge in [-0.25, -0.2) is 0 Å². The number of methoxy groups -OCH3 is 2. The molecule has 1 amide bonds. The second kappa shape index (κ2) is 11.8. The molecule has 0 bridgehead atoms. The number of nitro benzene ring substituents is 1. The number of hydrogen-bond donors (Lipinski definition) is 1. The minimum Gasteiger partial charge on any atom is -0.496 e. The molecule has 1 N–H and O–H groups in total. The van der Waals surface area contributed by atoms with Gasteiger partial charge in [0.1, 0.15) is 29.7 Å². The van der Waals surface area contributed by atoms with Crippen molar-refractivity contribution in [1.82, 2.24) is 0 Å². The molecule has 0 saturated carbocycles. The van der Waals surface area contributed by atoms with Crippen LogP contribution in [0.5, 0.6) is 17.2 Å². The Morgan fingerprint density at radius 2 is 1.89 bits per heavy atom. The molecular weight excluding hydrogens is 565 g/mol. The zero-order valence-corrected chi connectivity index (χ0v) is 20.9. The van der Waals surface area contributed by atoms with Crippen molar-refractivity contribution in [3.8, 4) is 23.3 Å². The largest absolute Gasteiger partial charge is 0.496 e. The van der Waals surface area contributed by atoms with Crippen LogP contribution in [0.3, 0.4) is 0 Å². The number of nitro groups is 1. The molecule has 0 heterocycles. The molecule has 3 aromatic rings. The number of ether oxygens (including phenoxy) is 3. The lowest BCUT2D eigenvalue weighted by atomic mass is 10.1. The van der Waals surface area contributed by atoms with E-state index in [0.717, 1.165) is 5.56 Å². The van der Waals surface area contributed by atoms with Crippen LogP contribution in [-0.4, -0.2) is 25.1 Å². The van der Waals surface area contributed by atoms with Crippen LogP contribution in [0.2, 0.25) is 0 Å². The van der Waals surface area contributed by atoms with Crippen LogP contribution in [-0.2, 0) is 11.4 Å². The molecule has 0 spiro atoms. The van der Waals surface area contributed by atoms with Crippen molar-refractivity contribution >= 4 is 45.9 Å². The van der Waals surface area contributed by atoms with Gasteiger partial charge in [0.2, 0.25) is 0 Å². The summed E-state index contributed by atoms with van der Waals surface area (Å²) in [5, 5.41) is 23.4. The van der Waals surface area contributed by atoms with Crippen molar-refractivity contribution in [3.05, 3.63) is 91.0 Å². The van der Waals surface area contributed by atoms with E-state index < -0.39 is 10.8 Å². The summed E-state index contributed by atoms with van der Waals surface area (Å²) in [5.41, 5.74) is 0.857. The first kappa shape index (κ1) is 25.5. The Balaban J connectivity index is 1.85. The third-order valence-corrected chi connectivity index (χ3v) is 5.60. The lowest BCUT2D eigenvalue weighted by molar-refractivity contribution is -0.384. The van der Waals surface area contributed by atoms with Gasteiger partial charge in [0, 0.05) is 0 Å². The van der Waals surface area contributed by atoms with E-state index >= 15 is 0 Å². The van der Waals surface area contributed by atoms with Gasteiger partial charge in [-0.1, -0.05) is 30.3 Å². The second-order valence-corrected chi connectivity index (χ2v) is 8.23. The number of carbonyl (C=O) groups excluding carboxylic acids is 1. The van der Waals surface area contributed by atoms with Gasteiger partial charge in [0.15, 0.2) is 11.5 Å². The van der Waals surface area contributed by atoms with Gasteiger partial charge in [-0.05, 0) is 64.1 Å². The summed E-state index contributed by atoms with van der Waals surface area (Å²) in [6, 6.07) is 18.9. The van der Waals surface area contributed by atoms with E-state index in [0.29, 0.717) is 27.2 Å². The monoisotopic (exact) mass is 585 g/mol. The molecule has 0 aliphatic carbocycles. The van der Waals surface area contributed by atoms with Crippen LogP contribution >= 0.6 is 22.6 Å². The number of benzene rings is 3. The van der Waals surface area contributed by atoms with Crippen molar-refractivity contribution in [2.24, 2.45) is 0 Å². The van der Waals surface area contributed by atoms with Crippen LogP contribution in [0.4, 0.5) is 11.4 Å². The minimum atomic E-state index is -0.792. The molecule has 0 saturated heterocycles. The van der Waals surface area contributed by atoms with Crippen molar-refractivity contribution in [2.45, 2.75) is 6.61 Å². The predicted molar refractivity (Wildman–Crippen MR) is 138 cm³/mol. The number of anilines is 1. The standard InChI is InChI=1S/C25H20IN3O6/c1-33-19-8-9-21(22(13-19)29(31)32)28-25(30)18(14-27)10-17-11-20(26)24(23(12-17)34-2)35-15-16-6-4-3-5-7-16/h3-13H,15H2,1-2H3,(H,28,30)/b18-10+. The maximum atomic E-state index is 12.7. The molecule has 0 aromatic heterocycles. The fourth-order valence-electron chi connectivity index (χ4n) is 3.09. The highest BCUT2D eigenvalue weighted by Crippen LogP contribution is 2.35. The Labute approximate surface area is 215 Å². The number of nitrogens with one attached hydrogen (secondary N) is 1. The van der Waals surface area contributed by atoms with Gasteiger partial charge in [0.05, 0.1) is 28.8 Å². The van der Waals surface area contributed by atoms with Gasteiger partial charge < -0.3 is 19.5 Å². The average molecular weight is 585 g/mol. The summed E-state index contributed by atoms with van der Waals surface area (Å²) in [4.78, 5) is 23.5. The van der Waals surface area contributed by atoms with Crippen molar-refractivity contribution < 1.29 is 23.9 Å². The maximum Gasteiger partial charge on any atom is 0.296 e. The summed E-state index contributed by atoms with van der Waals surface area (Å²) in [5.74, 6) is 0.439. The van der Waals surface area contributed by atoms with Crippen molar-refractivity contribution in [3.63, 3.8) is 0 Å². The molecule has 0 radical (unpaired) electrons. The summed E-state index contributed by atoms with van der Waals surface area (Å²) in [7, 11) is 2.87. The van der Waals surface area contributed by atoms with Crippen molar-refractivity contribution in [2.75, 3.05) is 19.5 Å². The zero-order valence-electron chi connectivity index (χ0n) is 18.8. The third-order valence-electron chi connectivity index (χ3n) is 4.80. The van der Waals surface area contributed by atoms with Gasteiger partial charge in [0.25, 0.3) is 11.6 Å². The van der Waals surface area contributed by atoms with E-state index in [9.17, 15) is 20.2 Å². The molecule has 178 valence electrons. The Morgan fingerprint density at radius 1 is 1.14 bits per heavy atom. The molecule has 10 heteroatoms. The van der Waals surface area contributed by atoms with Gasteiger partial charge in [-0.15, -0.1) is 0 Å². The van der Waals surface area contributed by atoms with E-state index in [1.807, 2.05) is 36.4 Å². The highest BCUT2D eigenvalue weighted by atomic mass is 127. The summed E-state index contributed by atoms with van der Waals surface area (Å²) < 4.78 is 17.1. The Morgan fingerprint density at radius 3 is 2.51 bits per heavy atom. The number of rotatable bonds is 9. The molecule has 0 atom stereocenters. The summed E-state index contributed by atoms with van der Waals surface area (Å²) >= 11 is 2.09.